The maximum absolute atomic E-state index is 12.9. The van der Waals surface area contributed by atoms with Gasteiger partial charge < -0.3 is 15.2 Å². The van der Waals surface area contributed by atoms with Crippen LogP contribution >= 0.6 is 0 Å². The number of nitrogens with one attached hydrogen (secondary N) is 2. The van der Waals surface area contributed by atoms with Crippen molar-refractivity contribution in [3.05, 3.63) is 92.7 Å². The first-order valence-electron chi connectivity index (χ1n) is 10.1. The summed E-state index contributed by atoms with van der Waals surface area (Å²) < 4.78 is 38.7. The molecule has 0 saturated carbocycles. The van der Waals surface area contributed by atoms with Gasteiger partial charge in [0.2, 0.25) is 0 Å². The van der Waals surface area contributed by atoms with Crippen molar-refractivity contribution in [2.75, 3.05) is 11.9 Å². The molecule has 0 fully saturated rings. The fourth-order valence-electron chi connectivity index (χ4n) is 3.70. The number of halogens is 3. The van der Waals surface area contributed by atoms with Crippen LogP contribution in [0.1, 0.15) is 33.8 Å². The molecule has 0 atom stereocenters. The smallest absolute Gasteiger partial charge is 0.320 e. The number of amides is 2. The molecule has 2 amide bonds. The van der Waals surface area contributed by atoms with Crippen molar-refractivity contribution in [2.24, 2.45) is 0 Å². The summed E-state index contributed by atoms with van der Waals surface area (Å²) in [6, 6.07) is 11.7. The molecule has 0 radical (unpaired) electrons. The maximum Gasteiger partial charge on any atom is 0.416 e. The van der Waals surface area contributed by atoms with Crippen molar-refractivity contribution in [1.29, 1.82) is 0 Å². The molecular formula is C23H21F3N4O2. The summed E-state index contributed by atoms with van der Waals surface area (Å²) in [6.07, 6.45) is -3.62. The second kappa shape index (κ2) is 8.49. The Bertz CT molecular complexity index is 1220. The van der Waals surface area contributed by atoms with Gasteiger partial charge in [0.25, 0.3) is 5.56 Å². The highest BCUT2D eigenvalue weighted by Crippen LogP contribution is 2.30. The molecule has 0 spiro atoms. The summed E-state index contributed by atoms with van der Waals surface area (Å²) in [4.78, 5) is 34.0. The number of benzene rings is 2. The molecule has 1 aliphatic rings. The lowest BCUT2D eigenvalue weighted by molar-refractivity contribution is -0.137. The van der Waals surface area contributed by atoms with E-state index in [1.807, 2.05) is 31.2 Å². The summed E-state index contributed by atoms with van der Waals surface area (Å²) in [5, 5.41) is 2.48. The largest absolute Gasteiger partial charge is 0.416 e. The number of anilines is 1. The van der Waals surface area contributed by atoms with Crippen LogP contribution in [0.4, 0.5) is 23.7 Å². The third-order valence-corrected chi connectivity index (χ3v) is 5.47. The van der Waals surface area contributed by atoms with Crippen molar-refractivity contribution in [1.82, 2.24) is 14.9 Å². The molecule has 1 aliphatic heterocycles. The number of carbonyl (C=O) groups is 1. The monoisotopic (exact) mass is 442 g/mol. The second-order valence-corrected chi connectivity index (χ2v) is 7.72. The van der Waals surface area contributed by atoms with E-state index in [0.29, 0.717) is 36.5 Å². The third-order valence-electron chi connectivity index (χ3n) is 5.47. The molecule has 1 aromatic heterocycles. The lowest BCUT2D eigenvalue weighted by Crippen LogP contribution is -2.42. The number of fused-ring (bicyclic) bond motifs is 1. The van der Waals surface area contributed by atoms with E-state index >= 15 is 0 Å². The van der Waals surface area contributed by atoms with E-state index in [9.17, 15) is 22.8 Å². The molecule has 2 N–H and O–H groups in total. The minimum atomic E-state index is -4.50. The first kappa shape index (κ1) is 21.6. The number of aromatic nitrogens is 2. The zero-order valence-corrected chi connectivity index (χ0v) is 17.3. The van der Waals surface area contributed by atoms with Gasteiger partial charge in [-0.05, 0) is 36.2 Å². The molecule has 2 aromatic carbocycles. The Morgan fingerprint density at radius 2 is 1.97 bits per heavy atom. The van der Waals surface area contributed by atoms with Gasteiger partial charge in [0.15, 0.2) is 0 Å². The van der Waals surface area contributed by atoms with E-state index in [-0.39, 0.29) is 17.8 Å². The van der Waals surface area contributed by atoms with Crippen molar-refractivity contribution in [2.45, 2.75) is 32.5 Å². The first-order valence-corrected chi connectivity index (χ1v) is 10.1. The molecular weight excluding hydrogens is 421 g/mol. The van der Waals surface area contributed by atoms with Gasteiger partial charge in [-0.3, -0.25) is 4.79 Å². The van der Waals surface area contributed by atoms with Gasteiger partial charge in [-0.2, -0.15) is 13.2 Å². The van der Waals surface area contributed by atoms with Crippen LogP contribution in [0.25, 0.3) is 0 Å². The van der Waals surface area contributed by atoms with E-state index in [0.717, 1.165) is 23.3 Å². The molecule has 4 rings (SSSR count). The second-order valence-electron chi connectivity index (χ2n) is 7.72. The zero-order chi connectivity index (χ0) is 22.9. The SMILES string of the molecule is Cc1ccccc1Cc1nc2c(c(=O)[nH]1)CN(C(=O)Nc1cccc(C(F)(F)F)c1)CC2. The lowest BCUT2D eigenvalue weighted by Gasteiger charge is -2.28. The van der Waals surface area contributed by atoms with Gasteiger partial charge in [0, 0.05) is 25.1 Å². The van der Waals surface area contributed by atoms with Gasteiger partial charge in [0.1, 0.15) is 5.82 Å². The third kappa shape index (κ3) is 4.66. The minimum Gasteiger partial charge on any atom is -0.320 e. The van der Waals surface area contributed by atoms with E-state index in [2.05, 4.69) is 15.3 Å². The standard InChI is InChI=1S/C23H21F3N4O2/c1-14-5-2-3-6-15(14)11-20-28-19-9-10-30(13-18(19)21(31)29-20)22(32)27-17-8-4-7-16(12-17)23(24,25)26/h2-8,12H,9-11,13H2,1H3,(H,27,32)(H,28,29,31). The summed E-state index contributed by atoms with van der Waals surface area (Å²) in [6.45, 7) is 2.33. The average Bonchev–Trinajstić information content (AvgIpc) is 2.75. The van der Waals surface area contributed by atoms with Crippen LogP contribution in [-0.4, -0.2) is 27.4 Å². The normalized spacial score (nSPS) is 13.6. The van der Waals surface area contributed by atoms with Crippen LogP contribution in [0.15, 0.2) is 53.3 Å². The Labute approximate surface area is 182 Å². The number of hydrogen-bond donors (Lipinski definition) is 2. The quantitative estimate of drug-likeness (QED) is 0.636. The highest BCUT2D eigenvalue weighted by Gasteiger charge is 2.31. The van der Waals surface area contributed by atoms with Crippen LogP contribution in [0, 0.1) is 6.92 Å². The van der Waals surface area contributed by atoms with Gasteiger partial charge in [0.05, 0.1) is 23.4 Å². The Kier molecular flexibility index (Phi) is 5.73. The molecule has 32 heavy (non-hydrogen) atoms. The van der Waals surface area contributed by atoms with Gasteiger partial charge in [-0.25, -0.2) is 9.78 Å². The topological polar surface area (TPSA) is 78.1 Å². The molecule has 3 aromatic rings. The Morgan fingerprint density at radius 1 is 1.19 bits per heavy atom. The predicted octanol–water partition coefficient (Wildman–Crippen LogP) is 4.28. The Balaban J connectivity index is 1.48. The number of carbonyl (C=O) groups excluding carboxylic acids is 1. The van der Waals surface area contributed by atoms with Crippen LogP contribution < -0.4 is 10.9 Å². The number of hydrogen-bond acceptors (Lipinski definition) is 3. The number of rotatable bonds is 3. The maximum atomic E-state index is 12.9. The number of H-pyrrole nitrogens is 1. The van der Waals surface area contributed by atoms with Crippen LogP contribution in [0.2, 0.25) is 0 Å². The molecule has 0 saturated heterocycles. The van der Waals surface area contributed by atoms with Crippen LogP contribution in [-0.2, 0) is 25.6 Å². The number of aryl methyl sites for hydroxylation is 1. The number of alkyl halides is 3. The number of aromatic amines is 1. The molecule has 166 valence electrons. The van der Waals surface area contributed by atoms with Gasteiger partial charge in [-0.1, -0.05) is 30.3 Å². The van der Waals surface area contributed by atoms with Crippen molar-refractivity contribution in [3.8, 4) is 0 Å². The van der Waals surface area contributed by atoms with Crippen molar-refractivity contribution < 1.29 is 18.0 Å². The lowest BCUT2D eigenvalue weighted by atomic mass is 10.0. The molecule has 2 heterocycles. The molecule has 0 unspecified atom stereocenters. The summed E-state index contributed by atoms with van der Waals surface area (Å²) >= 11 is 0. The predicted molar refractivity (Wildman–Crippen MR) is 113 cm³/mol. The Morgan fingerprint density at radius 3 is 2.72 bits per heavy atom. The summed E-state index contributed by atoms with van der Waals surface area (Å²) in [5.74, 6) is 0.560. The van der Waals surface area contributed by atoms with E-state index in [4.69, 9.17) is 0 Å². The minimum absolute atomic E-state index is 0.0348. The average molecular weight is 442 g/mol. The van der Waals surface area contributed by atoms with Gasteiger partial charge >= 0.3 is 12.2 Å². The highest BCUT2D eigenvalue weighted by molar-refractivity contribution is 5.89. The molecule has 9 heteroatoms. The van der Waals surface area contributed by atoms with Crippen molar-refractivity contribution in [3.63, 3.8) is 0 Å². The Hall–Kier alpha value is -3.62. The zero-order valence-electron chi connectivity index (χ0n) is 17.3. The van der Waals surface area contributed by atoms with E-state index < -0.39 is 17.8 Å². The highest BCUT2D eigenvalue weighted by atomic mass is 19.4. The fraction of sp³-hybridized carbons (Fsp3) is 0.261. The van der Waals surface area contributed by atoms with E-state index in [1.165, 1.54) is 17.0 Å². The molecule has 0 bridgehead atoms. The molecule has 0 aliphatic carbocycles. The molecule has 6 nitrogen and oxygen atoms in total. The number of urea groups is 1. The number of nitrogens with zero attached hydrogens (tertiary/aromatic N) is 2. The van der Waals surface area contributed by atoms with Crippen LogP contribution in [0.5, 0.6) is 0 Å². The first-order chi connectivity index (χ1) is 15.2. The summed E-state index contributed by atoms with van der Waals surface area (Å²) in [7, 11) is 0. The van der Waals surface area contributed by atoms with E-state index in [1.54, 1.807) is 0 Å². The van der Waals surface area contributed by atoms with Crippen molar-refractivity contribution >= 4 is 11.7 Å². The fourth-order valence-corrected chi connectivity index (χ4v) is 3.70. The summed E-state index contributed by atoms with van der Waals surface area (Å²) in [5.41, 5.74) is 2.08. The van der Waals surface area contributed by atoms with Gasteiger partial charge in [-0.15, -0.1) is 0 Å². The van der Waals surface area contributed by atoms with Crippen LogP contribution in [0.3, 0.4) is 0 Å².